The normalized spacial score (nSPS) is 12.1. The average Bonchev–Trinajstić information content (AvgIpc) is 2.59. The van der Waals surface area contributed by atoms with E-state index in [0.29, 0.717) is 0 Å². The number of amides is 1. The van der Waals surface area contributed by atoms with Crippen molar-refractivity contribution in [3.63, 3.8) is 0 Å². The first-order valence-corrected chi connectivity index (χ1v) is 9.38. The fraction of sp³-hybridized carbons (Fsp3) is 0.278. The summed E-state index contributed by atoms with van der Waals surface area (Å²) in [5.74, 6) is -0.624. The zero-order valence-corrected chi connectivity index (χ0v) is 15.4. The number of alkyl halides is 3. The Morgan fingerprint density at radius 3 is 2.30 bits per heavy atom. The largest absolute Gasteiger partial charge is 0.405 e. The lowest BCUT2D eigenvalue weighted by Gasteiger charge is -2.11. The second kappa shape index (κ2) is 7.99. The van der Waals surface area contributed by atoms with Crippen molar-refractivity contribution in [3.8, 4) is 5.75 Å². The molecule has 27 heavy (non-hydrogen) atoms. The molecule has 2 rings (SSSR count). The lowest BCUT2D eigenvalue weighted by atomic mass is 10.0. The van der Waals surface area contributed by atoms with Crippen LogP contribution in [0, 0.1) is 0 Å². The molecule has 0 bridgehead atoms. The summed E-state index contributed by atoms with van der Waals surface area (Å²) in [7, 11) is -4.15. The molecule has 0 saturated heterocycles. The summed E-state index contributed by atoms with van der Waals surface area (Å²) in [5.41, 5.74) is 0.805. The van der Waals surface area contributed by atoms with Gasteiger partial charge in [-0.2, -0.15) is 21.6 Å². The molecule has 146 valence electrons. The van der Waals surface area contributed by atoms with E-state index in [-0.39, 0.29) is 22.1 Å². The van der Waals surface area contributed by atoms with Crippen LogP contribution in [0.25, 0.3) is 0 Å². The van der Waals surface area contributed by atoms with Crippen LogP contribution < -0.4 is 9.50 Å². The van der Waals surface area contributed by atoms with E-state index in [0.717, 1.165) is 29.8 Å². The molecule has 9 heteroatoms. The first-order valence-electron chi connectivity index (χ1n) is 7.97. The molecule has 0 aliphatic carbocycles. The first kappa shape index (κ1) is 20.8. The van der Waals surface area contributed by atoms with Crippen LogP contribution in [0.5, 0.6) is 5.75 Å². The third kappa shape index (κ3) is 5.99. The van der Waals surface area contributed by atoms with Gasteiger partial charge in [0.05, 0.1) is 0 Å². The van der Waals surface area contributed by atoms with Crippen LogP contribution in [0.15, 0.2) is 53.4 Å². The molecule has 0 heterocycles. The van der Waals surface area contributed by atoms with Gasteiger partial charge in [0, 0.05) is 5.56 Å². The van der Waals surface area contributed by atoms with Gasteiger partial charge in [-0.1, -0.05) is 26.0 Å². The summed E-state index contributed by atoms with van der Waals surface area (Å²) in [4.78, 5) is 11.4. The predicted octanol–water partition coefficient (Wildman–Crippen LogP) is 3.87. The second-order valence-electron chi connectivity index (χ2n) is 6.09. The molecule has 0 radical (unpaired) electrons. The van der Waals surface area contributed by atoms with Crippen LogP contribution in [-0.4, -0.2) is 27.0 Å². The fourth-order valence-corrected chi connectivity index (χ4v) is 3.08. The Morgan fingerprint density at radius 2 is 1.74 bits per heavy atom. The highest BCUT2D eigenvalue weighted by Gasteiger charge is 2.28. The van der Waals surface area contributed by atoms with Crippen molar-refractivity contribution in [2.45, 2.75) is 30.8 Å². The number of halogens is 3. The number of benzene rings is 2. The Bertz CT molecular complexity index is 907. The third-order valence-electron chi connectivity index (χ3n) is 3.59. The zero-order valence-electron chi connectivity index (χ0n) is 14.6. The Morgan fingerprint density at radius 1 is 1.11 bits per heavy atom. The molecule has 0 aromatic heterocycles. The molecule has 0 unspecified atom stereocenters. The number of nitrogens with one attached hydrogen (secondary N) is 1. The lowest BCUT2D eigenvalue weighted by Crippen LogP contribution is -2.33. The van der Waals surface area contributed by atoms with E-state index >= 15 is 0 Å². The van der Waals surface area contributed by atoms with Crippen LogP contribution in [0.4, 0.5) is 13.2 Å². The summed E-state index contributed by atoms with van der Waals surface area (Å²) in [5, 5.41) is 1.71. The summed E-state index contributed by atoms with van der Waals surface area (Å²) >= 11 is 0. The van der Waals surface area contributed by atoms with Gasteiger partial charge >= 0.3 is 16.3 Å². The van der Waals surface area contributed by atoms with E-state index in [1.807, 2.05) is 19.9 Å². The van der Waals surface area contributed by atoms with Gasteiger partial charge in [0.25, 0.3) is 5.91 Å². The highest BCUT2D eigenvalue weighted by atomic mass is 32.2. The molecule has 0 saturated carbocycles. The molecular weight excluding hydrogens is 383 g/mol. The van der Waals surface area contributed by atoms with E-state index < -0.39 is 28.7 Å². The van der Waals surface area contributed by atoms with E-state index in [1.54, 1.807) is 17.4 Å². The number of hydrogen-bond donors (Lipinski definition) is 1. The van der Waals surface area contributed by atoms with Gasteiger partial charge in [-0.15, -0.1) is 0 Å². The van der Waals surface area contributed by atoms with Crippen molar-refractivity contribution < 1.29 is 30.6 Å². The molecule has 0 fully saturated rings. The van der Waals surface area contributed by atoms with Crippen LogP contribution in [0.3, 0.4) is 0 Å². The molecule has 5 nitrogen and oxygen atoms in total. The zero-order chi connectivity index (χ0) is 20.2. The molecule has 2 aromatic rings. The Balaban J connectivity index is 2.13. The fourth-order valence-electron chi connectivity index (χ4n) is 2.16. The Hall–Kier alpha value is -2.55. The predicted molar refractivity (Wildman–Crippen MR) is 93.2 cm³/mol. The van der Waals surface area contributed by atoms with E-state index in [4.69, 9.17) is 4.18 Å². The maximum atomic E-state index is 12.3. The Kier molecular flexibility index (Phi) is 6.15. The lowest BCUT2D eigenvalue weighted by molar-refractivity contribution is -0.123. The van der Waals surface area contributed by atoms with Crippen molar-refractivity contribution in [1.82, 2.24) is 5.32 Å². The number of carbonyl (C=O) groups is 1. The highest BCUT2D eigenvalue weighted by Crippen LogP contribution is 2.23. The Labute approximate surface area is 155 Å². The minimum absolute atomic E-state index is 0.0972. The molecule has 2 aromatic carbocycles. The van der Waals surface area contributed by atoms with Gasteiger partial charge in [-0.3, -0.25) is 4.79 Å². The van der Waals surface area contributed by atoms with Gasteiger partial charge in [0.15, 0.2) is 0 Å². The quantitative estimate of drug-likeness (QED) is 0.746. The maximum absolute atomic E-state index is 12.3. The number of rotatable bonds is 6. The van der Waals surface area contributed by atoms with Crippen LogP contribution >= 0.6 is 0 Å². The van der Waals surface area contributed by atoms with Crippen LogP contribution in [0.1, 0.15) is 35.7 Å². The van der Waals surface area contributed by atoms with Crippen LogP contribution in [-0.2, 0) is 10.1 Å². The molecule has 0 aliphatic heterocycles. The first-order chi connectivity index (χ1) is 12.5. The maximum Gasteiger partial charge on any atom is 0.405 e. The SMILES string of the molecule is CC(C)c1cccc(OS(=O)(=O)c2ccc(C(=O)NCC(F)(F)F)cc2)c1. The number of hydrogen-bond acceptors (Lipinski definition) is 4. The van der Waals surface area contributed by atoms with Crippen LogP contribution in [0.2, 0.25) is 0 Å². The topological polar surface area (TPSA) is 72.5 Å². The second-order valence-corrected chi connectivity index (χ2v) is 7.63. The highest BCUT2D eigenvalue weighted by molar-refractivity contribution is 7.87. The van der Waals surface area contributed by atoms with Crippen molar-refractivity contribution in [1.29, 1.82) is 0 Å². The third-order valence-corrected chi connectivity index (χ3v) is 4.85. The van der Waals surface area contributed by atoms with Crippen molar-refractivity contribution >= 4 is 16.0 Å². The van der Waals surface area contributed by atoms with Crippen molar-refractivity contribution in [2.75, 3.05) is 6.54 Å². The number of carbonyl (C=O) groups excluding carboxylic acids is 1. The summed E-state index contributed by atoms with van der Waals surface area (Å²) < 4.78 is 66.2. The smallest absolute Gasteiger partial charge is 0.379 e. The summed E-state index contributed by atoms with van der Waals surface area (Å²) in [6.07, 6.45) is -4.53. The van der Waals surface area contributed by atoms with E-state index in [1.165, 1.54) is 6.07 Å². The average molecular weight is 401 g/mol. The van der Waals surface area contributed by atoms with Gasteiger partial charge in [-0.05, 0) is 47.9 Å². The molecule has 1 amide bonds. The molecule has 0 aliphatic rings. The monoisotopic (exact) mass is 401 g/mol. The molecule has 0 spiro atoms. The van der Waals surface area contributed by atoms with Crippen molar-refractivity contribution in [2.24, 2.45) is 0 Å². The molecule has 0 atom stereocenters. The standard InChI is InChI=1S/C18H18F3NO4S/c1-12(2)14-4-3-5-15(10-14)26-27(24,25)16-8-6-13(7-9-16)17(23)22-11-18(19,20)21/h3-10,12H,11H2,1-2H3,(H,22,23). The van der Waals surface area contributed by atoms with Gasteiger partial charge in [0.2, 0.25) is 0 Å². The van der Waals surface area contributed by atoms with E-state index in [9.17, 15) is 26.4 Å². The minimum atomic E-state index is -4.53. The van der Waals surface area contributed by atoms with Gasteiger partial charge < -0.3 is 9.50 Å². The summed E-state index contributed by atoms with van der Waals surface area (Å²) in [6.45, 7) is 2.44. The van der Waals surface area contributed by atoms with E-state index in [2.05, 4.69) is 0 Å². The molecular formula is C18H18F3NO4S. The van der Waals surface area contributed by atoms with Crippen molar-refractivity contribution in [3.05, 3.63) is 59.7 Å². The molecule has 1 N–H and O–H groups in total. The summed E-state index contributed by atoms with van der Waals surface area (Å²) in [6, 6.07) is 11.1. The minimum Gasteiger partial charge on any atom is -0.379 e. The van der Waals surface area contributed by atoms with Gasteiger partial charge in [-0.25, -0.2) is 0 Å². The van der Waals surface area contributed by atoms with Gasteiger partial charge in [0.1, 0.15) is 17.2 Å².